The van der Waals surface area contributed by atoms with Crippen LogP contribution in [0.15, 0.2) is 65.1 Å². The summed E-state index contributed by atoms with van der Waals surface area (Å²) in [5, 5.41) is 14.2. The van der Waals surface area contributed by atoms with Crippen molar-refractivity contribution >= 4 is 40.9 Å². The molecule has 0 unspecified atom stereocenters. The van der Waals surface area contributed by atoms with Gasteiger partial charge in [-0.25, -0.2) is 4.79 Å². The third-order valence-electron chi connectivity index (χ3n) is 3.56. The van der Waals surface area contributed by atoms with E-state index < -0.39 is 11.9 Å². The molecule has 0 aromatic heterocycles. The molecule has 146 valence electrons. The fourth-order valence-electron chi connectivity index (χ4n) is 2.15. The normalized spacial score (nSPS) is 10.9. The Morgan fingerprint density at radius 2 is 1.75 bits per heavy atom. The highest BCUT2D eigenvalue weighted by atomic mass is 32.2. The largest absolute Gasteiger partial charge is 0.495 e. The van der Waals surface area contributed by atoms with Crippen molar-refractivity contribution in [1.82, 2.24) is 0 Å². The van der Waals surface area contributed by atoms with Gasteiger partial charge >= 0.3 is 5.97 Å². The second-order valence-corrected chi connectivity index (χ2v) is 6.73. The Morgan fingerprint density at radius 1 is 1.07 bits per heavy atom. The number of rotatable bonds is 8. The molecule has 3 N–H and O–H groups in total. The van der Waals surface area contributed by atoms with Crippen molar-refractivity contribution in [3.63, 3.8) is 0 Å². The summed E-state index contributed by atoms with van der Waals surface area (Å²) in [4.78, 5) is 35.4. The first kappa shape index (κ1) is 21.0. The van der Waals surface area contributed by atoms with Crippen molar-refractivity contribution in [1.29, 1.82) is 0 Å². The van der Waals surface area contributed by atoms with Gasteiger partial charge in [-0.1, -0.05) is 12.1 Å². The van der Waals surface area contributed by atoms with Crippen LogP contribution in [0.5, 0.6) is 5.75 Å². The van der Waals surface area contributed by atoms with Crippen LogP contribution in [0.25, 0.3) is 0 Å². The molecule has 0 saturated carbocycles. The van der Waals surface area contributed by atoms with E-state index >= 15 is 0 Å². The van der Waals surface area contributed by atoms with Crippen molar-refractivity contribution < 1.29 is 24.2 Å². The first-order chi connectivity index (χ1) is 13.4. The molecule has 0 radical (unpaired) electrons. The standard InChI is InChI=1S/C20H20N2O5S/c1-13(20(25)26)11-18(23)21-14-7-9-15(10-8-14)28-12-19(24)22-16-5-3-4-6-17(16)27-2/h3-11H,12H2,1-2H3,(H,21,23)(H,22,24)(H,25,26). The highest BCUT2D eigenvalue weighted by Gasteiger charge is 2.08. The lowest BCUT2D eigenvalue weighted by Gasteiger charge is -2.09. The van der Waals surface area contributed by atoms with Gasteiger partial charge in [-0.05, 0) is 43.3 Å². The van der Waals surface area contributed by atoms with Gasteiger partial charge in [0.25, 0.3) is 0 Å². The van der Waals surface area contributed by atoms with E-state index in [-0.39, 0.29) is 17.2 Å². The molecule has 7 nitrogen and oxygen atoms in total. The number of para-hydroxylation sites is 2. The number of carboxylic acids is 1. The number of benzene rings is 2. The first-order valence-electron chi connectivity index (χ1n) is 8.27. The molecular weight excluding hydrogens is 380 g/mol. The molecule has 2 aromatic rings. The lowest BCUT2D eigenvalue weighted by atomic mass is 10.2. The van der Waals surface area contributed by atoms with Crippen LogP contribution in [-0.2, 0) is 14.4 Å². The summed E-state index contributed by atoms with van der Waals surface area (Å²) in [6.45, 7) is 1.34. The van der Waals surface area contributed by atoms with Gasteiger partial charge < -0.3 is 20.5 Å². The predicted molar refractivity (Wildman–Crippen MR) is 109 cm³/mol. The minimum atomic E-state index is -1.15. The minimum Gasteiger partial charge on any atom is -0.495 e. The lowest BCUT2D eigenvalue weighted by molar-refractivity contribution is -0.132. The van der Waals surface area contributed by atoms with Gasteiger partial charge in [0.2, 0.25) is 11.8 Å². The van der Waals surface area contributed by atoms with Crippen molar-refractivity contribution in [3.8, 4) is 5.75 Å². The number of hydrogen-bond acceptors (Lipinski definition) is 5. The van der Waals surface area contributed by atoms with E-state index in [1.54, 1.807) is 43.5 Å². The molecule has 0 aliphatic carbocycles. The smallest absolute Gasteiger partial charge is 0.331 e. The summed E-state index contributed by atoms with van der Waals surface area (Å²) < 4.78 is 5.20. The summed E-state index contributed by atoms with van der Waals surface area (Å²) in [6.07, 6.45) is 1.02. The zero-order valence-electron chi connectivity index (χ0n) is 15.4. The van der Waals surface area contributed by atoms with E-state index in [1.165, 1.54) is 18.7 Å². The molecule has 0 bridgehead atoms. The molecule has 28 heavy (non-hydrogen) atoms. The van der Waals surface area contributed by atoms with Crippen LogP contribution in [0.2, 0.25) is 0 Å². The Kier molecular flexibility index (Phi) is 7.65. The first-order valence-corrected chi connectivity index (χ1v) is 9.26. The molecular formula is C20H20N2O5S. The summed E-state index contributed by atoms with van der Waals surface area (Å²) in [5.41, 5.74) is 1.09. The van der Waals surface area contributed by atoms with E-state index in [4.69, 9.17) is 9.84 Å². The fourth-order valence-corrected chi connectivity index (χ4v) is 2.85. The highest BCUT2D eigenvalue weighted by molar-refractivity contribution is 8.00. The Morgan fingerprint density at radius 3 is 2.39 bits per heavy atom. The molecule has 0 heterocycles. The Labute approximate surface area is 166 Å². The number of anilines is 2. The number of carboxylic acid groups (broad SMARTS) is 1. The van der Waals surface area contributed by atoms with Crippen LogP contribution >= 0.6 is 11.8 Å². The Balaban J connectivity index is 1.87. The summed E-state index contributed by atoms with van der Waals surface area (Å²) in [7, 11) is 1.54. The second kappa shape index (κ2) is 10.2. The summed E-state index contributed by atoms with van der Waals surface area (Å²) in [6, 6.07) is 14.1. The van der Waals surface area contributed by atoms with E-state index in [0.717, 1.165) is 11.0 Å². The quantitative estimate of drug-likeness (QED) is 0.463. The molecule has 0 spiro atoms. The topological polar surface area (TPSA) is 105 Å². The maximum atomic E-state index is 12.1. The summed E-state index contributed by atoms with van der Waals surface area (Å²) in [5.74, 6) is -1.02. The molecule has 8 heteroatoms. The van der Waals surface area contributed by atoms with Gasteiger partial charge in [-0.3, -0.25) is 9.59 Å². The molecule has 2 rings (SSSR count). The molecule has 2 amide bonds. The van der Waals surface area contributed by atoms with Crippen LogP contribution in [0, 0.1) is 0 Å². The van der Waals surface area contributed by atoms with E-state index in [2.05, 4.69) is 10.6 Å². The number of ether oxygens (including phenoxy) is 1. The van der Waals surface area contributed by atoms with Crippen LogP contribution in [0.4, 0.5) is 11.4 Å². The average molecular weight is 400 g/mol. The number of hydrogen-bond donors (Lipinski definition) is 3. The van der Waals surface area contributed by atoms with Gasteiger partial charge in [0.05, 0.1) is 18.6 Å². The average Bonchev–Trinajstić information content (AvgIpc) is 2.67. The lowest BCUT2D eigenvalue weighted by Crippen LogP contribution is -2.14. The number of nitrogens with one attached hydrogen (secondary N) is 2. The fraction of sp³-hybridized carbons (Fsp3) is 0.150. The zero-order valence-corrected chi connectivity index (χ0v) is 16.2. The van der Waals surface area contributed by atoms with E-state index in [0.29, 0.717) is 17.1 Å². The van der Waals surface area contributed by atoms with Crippen molar-refractivity contribution in [2.75, 3.05) is 23.5 Å². The second-order valence-electron chi connectivity index (χ2n) is 5.68. The number of methoxy groups -OCH3 is 1. The maximum Gasteiger partial charge on any atom is 0.331 e. The number of amides is 2. The number of carbonyl (C=O) groups excluding carboxylic acids is 2. The molecule has 0 atom stereocenters. The Bertz CT molecular complexity index is 894. The van der Waals surface area contributed by atoms with Gasteiger partial charge in [-0.15, -0.1) is 11.8 Å². The zero-order chi connectivity index (χ0) is 20.5. The SMILES string of the molecule is COc1ccccc1NC(=O)CSc1ccc(NC(=O)C=C(C)C(=O)O)cc1. The highest BCUT2D eigenvalue weighted by Crippen LogP contribution is 2.24. The number of thioether (sulfide) groups is 1. The number of aliphatic carboxylic acids is 1. The van der Waals surface area contributed by atoms with Crippen LogP contribution in [-0.4, -0.2) is 35.8 Å². The van der Waals surface area contributed by atoms with Crippen LogP contribution in [0.1, 0.15) is 6.92 Å². The van der Waals surface area contributed by atoms with Crippen molar-refractivity contribution in [2.45, 2.75) is 11.8 Å². The van der Waals surface area contributed by atoms with Gasteiger partial charge in [-0.2, -0.15) is 0 Å². The Hall–Kier alpha value is -3.26. The van der Waals surface area contributed by atoms with Gasteiger partial charge in [0.15, 0.2) is 0 Å². The molecule has 0 aliphatic heterocycles. The maximum absolute atomic E-state index is 12.1. The summed E-state index contributed by atoms with van der Waals surface area (Å²) >= 11 is 1.35. The minimum absolute atomic E-state index is 0.0502. The third-order valence-corrected chi connectivity index (χ3v) is 4.57. The molecule has 0 fully saturated rings. The molecule has 0 saturated heterocycles. The molecule has 2 aromatic carbocycles. The number of carbonyl (C=O) groups is 3. The van der Waals surface area contributed by atoms with E-state index in [9.17, 15) is 14.4 Å². The predicted octanol–water partition coefficient (Wildman–Crippen LogP) is 3.40. The monoisotopic (exact) mass is 400 g/mol. The van der Waals surface area contributed by atoms with Gasteiger partial charge in [0, 0.05) is 22.2 Å². The van der Waals surface area contributed by atoms with Crippen LogP contribution in [0.3, 0.4) is 0 Å². The molecule has 0 aliphatic rings. The van der Waals surface area contributed by atoms with Gasteiger partial charge in [0.1, 0.15) is 5.75 Å². The van der Waals surface area contributed by atoms with E-state index in [1.807, 2.05) is 12.1 Å². The van der Waals surface area contributed by atoms with Crippen LogP contribution < -0.4 is 15.4 Å². The van der Waals surface area contributed by atoms with Crippen molar-refractivity contribution in [2.24, 2.45) is 0 Å². The third kappa shape index (κ3) is 6.48. The van der Waals surface area contributed by atoms with Crippen molar-refractivity contribution in [3.05, 3.63) is 60.2 Å².